The molecule has 7 heteroatoms. The number of nitrogens with two attached hydrogens (primary N) is 1. The average Bonchev–Trinajstić information content (AvgIpc) is 2.39. The zero-order valence-electron chi connectivity index (χ0n) is 11.6. The second kappa shape index (κ2) is 6.95. The summed E-state index contributed by atoms with van der Waals surface area (Å²) in [6.45, 7) is 5.22. The molecule has 1 heterocycles. The molecule has 7 nitrogen and oxygen atoms in total. The molecule has 0 bridgehead atoms. The van der Waals surface area contributed by atoms with Crippen LogP contribution in [0.3, 0.4) is 0 Å². The Balaban J connectivity index is 2.78. The molecule has 0 saturated carbocycles. The molecule has 0 aliphatic carbocycles. The third kappa shape index (κ3) is 3.99. The maximum atomic E-state index is 5.35. The van der Waals surface area contributed by atoms with Crippen molar-refractivity contribution < 1.29 is 0 Å². The van der Waals surface area contributed by atoms with Gasteiger partial charge in [-0.3, -0.25) is 5.43 Å². The van der Waals surface area contributed by atoms with Gasteiger partial charge in [0.1, 0.15) is 0 Å². The van der Waals surface area contributed by atoms with E-state index >= 15 is 0 Å². The maximum absolute atomic E-state index is 5.35. The minimum absolute atomic E-state index is 0.362. The first-order valence-corrected chi connectivity index (χ1v) is 6.24. The van der Waals surface area contributed by atoms with E-state index in [9.17, 15) is 0 Å². The van der Waals surface area contributed by atoms with E-state index in [1.54, 1.807) is 0 Å². The van der Waals surface area contributed by atoms with Gasteiger partial charge in [0.05, 0.1) is 0 Å². The standard InChI is InChI=1S/C11H23N7/c1-5-8(6-2)7-13-9-14-10(17-12)16-11(15-9)18(3)4/h8H,5-7,12H2,1-4H3,(H2,13,14,15,16,17). The highest BCUT2D eigenvalue weighted by atomic mass is 15.4. The van der Waals surface area contributed by atoms with Crippen molar-refractivity contribution in [2.45, 2.75) is 26.7 Å². The van der Waals surface area contributed by atoms with E-state index in [1.165, 1.54) is 0 Å². The molecule has 0 aliphatic rings. The van der Waals surface area contributed by atoms with Gasteiger partial charge in [-0.25, -0.2) is 5.84 Å². The normalized spacial score (nSPS) is 10.6. The van der Waals surface area contributed by atoms with Crippen LogP contribution in [0, 0.1) is 5.92 Å². The second-order valence-electron chi connectivity index (χ2n) is 4.38. The van der Waals surface area contributed by atoms with Crippen molar-refractivity contribution in [2.75, 3.05) is 36.3 Å². The molecular weight excluding hydrogens is 230 g/mol. The molecule has 0 atom stereocenters. The van der Waals surface area contributed by atoms with Gasteiger partial charge in [0.25, 0.3) is 0 Å². The third-order valence-electron chi connectivity index (χ3n) is 2.86. The van der Waals surface area contributed by atoms with Gasteiger partial charge in [0.15, 0.2) is 0 Å². The van der Waals surface area contributed by atoms with Crippen LogP contribution in [-0.2, 0) is 0 Å². The largest absolute Gasteiger partial charge is 0.354 e. The van der Waals surface area contributed by atoms with Crippen LogP contribution < -0.4 is 21.5 Å². The van der Waals surface area contributed by atoms with E-state index in [0.717, 1.165) is 19.4 Å². The molecule has 102 valence electrons. The van der Waals surface area contributed by atoms with Crippen molar-refractivity contribution in [3.63, 3.8) is 0 Å². The van der Waals surface area contributed by atoms with Gasteiger partial charge in [-0.1, -0.05) is 26.7 Å². The van der Waals surface area contributed by atoms with Gasteiger partial charge in [-0.05, 0) is 5.92 Å². The quantitative estimate of drug-likeness (QED) is 0.494. The van der Waals surface area contributed by atoms with E-state index in [1.807, 2.05) is 19.0 Å². The molecule has 0 fully saturated rings. The Labute approximate surface area is 108 Å². The minimum Gasteiger partial charge on any atom is -0.354 e. The smallest absolute Gasteiger partial charge is 0.243 e. The Morgan fingerprint density at radius 2 is 1.72 bits per heavy atom. The highest BCUT2D eigenvalue weighted by molar-refractivity contribution is 5.42. The number of hydrogen-bond acceptors (Lipinski definition) is 7. The zero-order valence-corrected chi connectivity index (χ0v) is 11.6. The monoisotopic (exact) mass is 253 g/mol. The summed E-state index contributed by atoms with van der Waals surface area (Å²) >= 11 is 0. The highest BCUT2D eigenvalue weighted by Crippen LogP contribution is 2.12. The lowest BCUT2D eigenvalue weighted by Gasteiger charge is -2.15. The van der Waals surface area contributed by atoms with Crippen LogP contribution in [-0.4, -0.2) is 35.6 Å². The number of rotatable bonds is 7. The Hall–Kier alpha value is -1.63. The van der Waals surface area contributed by atoms with Gasteiger partial charge >= 0.3 is 0 Å². The van der Waals surface area contributed by atoms with Crippen molar-refractivity contribution in [2.24, 2.45) is 11.8 Å². The van der Waals surface area contributed by atoms with E-state index in [-0.39, 0.29) is 0 Å². The van der Waals surface area contributed by atoms with Crippen LogP contribution in [0.4, 0.5) is 17.8 Å². The lowest BCUT2D eigenvalue weighted by atomic mass is 10.0. The number of nitrogen functional groups attached to an aromatic ring is 1. The van der Waals surface area contributed by atoms with Crippen LogP contribution in [0.2, 0.25) is 0 Å². The van der Waals surface area contributed by atoms with Crippen molar-refractivity contribution in [1.82, 2.24) is 15.0 Å². The van der Waals surface area contributed by atoms with Crippen LogP contribution in [0.5, 0.6) is 0 Å². The van der Waals surface area contributed by atoms with E-state index in [4.69, 9.17) is 5.84 Å². The molecule has 1 aromatic heterocycles. The lowest BCUT2D eigenvalue weighted by molar-refractivity contribution is 0.517. The molecule has 18 heavy (non-hydrogen) atoms. The molecule has 0 amide bonds. The summed E-state index contributed by atoms with van der Waals surface area (Å²) in [6, 6.07) is 0. The topological polar surface area (TPSA) is 92.0 Å². The van der Waals surface area contributed by atoms with Crippen molar-refractivity contribution in [3.05, 3.63) is 0 Å². The molecular formula is C11H23N7. The molecule has 0 unspecified atom stereocenters. The Bertz CT molecular complexity index is 362. The summed E-state index contributed by atoms with van der Waals surface area (Å²) in [4.78, 5) is 14.5. The van der Waals surface area contributed by atoms with E-state index in [2.05, 4.69) is 39.5 Å². The van der Waals surface area contributed by atoms with Crippen molar-refractivity contribution in [1.29, 1.82) is 0 Å². The van der Waals surface area contributed by atoms with Crippen molar-refractivity contribution >= 4 is 17.8 Å². The molecule has 1 rings (SSSR count). The SMILES string of the molecule is CCC(CC)CNc1nc(NN)nc(N(C)C)n1. The fourth-order valence-corrected chi connectivity index (χ4v) is 1.52. The summed E-state index contributed by atoms with van der Waals surface area (Å²) in [7, 11) is 3.75. The first-order chi connectivity index (χ1) is 8.60. The van der Waals surface area contributed by atoms with E-state index in [0.29, 0.717) is 23.8 Å². The van der Waals surface area contributed by atoms with Crippen LogP contribution in [0.1, 0.15) is 26.7 Å². The van der Waals surface area contributed by atoms with E-state index < -0.39 is 0 Å². The Morgan fingerprint density at radius 1 is 1.11 bits per heavy atom. The summed E-state index contributed by atoms with van der Waals surface area (Å²) in [6.07, 6.45) is 2.27. The van der Waals surface area contributed by atoms with Gasteiger partial charge in [0, 0.05) is 20.6 Å². The van der Waals surface area contributed by atoms with Gasteiger partial charge in [-0.15, -0.1) is 0 Å². The molecule has 0 aromatic carbocycles. The number of nitrogens with zero attached hydrogens (tertiary/aromatic N) is 4. The minimum atomic E-state index is 0.362. The van der Waals surface area contributed by atoms with Crippen LogP contribution >= 0.6 is 0 Å². The lowest BCUT2D eigenvalue weighted by Crippen LogP contribution is -2.20. The fraction of sp³-hybridized carbons (Fsp3) is 0.727. The molecule has 0 aliphatic heterocycles. The molecule has 4 N–H and O–H groups in total. The summed E-state index contributed by atoms with van der Waals surface area (Å²) < 4.78 is 0. The van der Waals surface area contributed by atoms with Crippen LogP contribution in [0.25, 0.3) is 0 Å². The fourth-order valence-electron chi connectivity index (χ4n) is 1.52. The number of aromatic nitrogens is 3. The van der Waals surface area contributed by atoms with Gasteiger partial charge in [0.2, 0.25) is 17.8 Å². The Kier molecular flexibility index (Phi) is 5.57. The second-order valence-corrected chi connectivity index (χ2v) is 4.38. The Morgan fingerprint density at radius 3 is 2.22 bits per heavy atom. The first-order valence-electron chi connectivity index (χ1n) is 6.24. The van der Waals surface area contributed by atoms with Gasteiger partial charge in [-0.2, -0.15) is 15.0 Å². The predicted molar refractivity (Wildman–Crippen MR) is 74.5 cm³/mol. The maximum Gasteiger partial charge on any atom is 0.243 e. The highest BCUT2D eigenvalue weighted by Gasteiger charge is 2.09. The summed E-state index contributed by atoms with van der Waals surface area (Å²) in [5.74, 6) is 7.46. The summed E-state index contributed by atoms with van der Waals surface area (Å²) in [5.41, 5.74) is 2.45. The zero-order chi connectivity index (χ0) is 13.5. The molecule has 0 saturated heterocycles. The number of hydrogen-bond donors (Lipinski definition) is 3. The number of hydrazine groups is 1. The molecule has 1 aromatic rings. The van der Waals surface area contributed by atoms with Crippen LogP contribution in [0.15, 0.2) is 0 Å². The number of nitrogens with one attached hydrogen (secondary N) is 2. The van der Waals surface area contributed by atoms with Gasteiger partial charge < -0.3 is 10.2 Å². The number of anilines is 3. The van der Waals surface area contributed by atoms with Crippen molar-refractivity contribution in [3.8, 4) is 0 Å². The average molecular weight is 253 g/mol. The molecule has 0 radical (unpaired) electrons. The summed E-state index contributed by atoms with van der Waals surface area (Å²) in [5, 5.41) is 3.23. The predicted octanol–water partition coefficient (Wildman–Crippen LogP) is 1.07. The first kappa shape index (κ1) is 14.4. The third-order valence-corrected chi connectivity index (χ3v) is 2.86. The molecule has 0 spiro atoms.